The van der Waals surface area contributed by atoms with Gasteiger partial charge in [-0.25, -0.2) is 9.97 Å². The summed E-state index contributed by atoms with van der Waals surface area (Å²) in [5, 5.41) is 7.08. The molecule has 0 unspecified atom stereocenters. The van der Waals surface area contributed by atoms with Gasteiger partial charge in [-0.1, -0.05) is 19.1 Å². The first-order valence-corrected chi connectivity index (χ1v) is 10.6. The minimum atomic E-state index is -0.0759. The Morgan fingerprint density at radius 1 is 1.00 bits per heavy atom. The van der Waals surface area contributed by atoms with Crippen LogP contribution in [0.3, 0.4) is 0 Å². The minimum absolute atomic E-state index is 0.0759. The van der Waals surface area contributed by atoms with Crippen molar-refractivity contribution in [3.8, 4) is 21.1 Å². The summed E-state index contributed by atoms with van der Waals surface area (Å²) in [5.74, 6) is -0.0759. The summed E-state index contributed by atoms with van der Waals surface area (Å²) in [7, 11) is 0. The van der Waals surface area contributed by atoms with Gasteiger partial charge in [0.25, 0.3) is 5.91 Å². The quantitative estimate of drug-likeness (QED) is 0.479. The lowest BCUT2D eigenvalue weighted by molar-refractivity contribution is 0.0939. The van der Waals surface area contributed by atoms with Crippen molar-refractivity contribution < 1.29 is 4.79 Å². The number of nitrogens with zero attached hydrogens (tertiary/aromatic N) is 2. The zero-order chi connectivity index (χ0) is 18.8. The minimum Gasteiger partial charge on any atom is -0.350 e. The van der Waals surface area contributed by atoms with Crippen LogP contribution in [-0.4, -0.2) is 21.9 Å². The molecule has 3 aromatic heterocycles. The van der Waals surface area contributed by atoms with Crippen LogP contribution in [0.5, 0.6) is 0 Å². The molecule has 27 heavy (non-hydrogen) atoms. The molecule has 4 rings (SSSR count). The average molecular weight is 394 g/mol. The Bertz CT molecular complexity index is 1070. The van der Waals surface area contributed by atoms with Crippen LogP contribution in [0.1, 0.15) is 30.6 Å². The molecule has 3 heterocycles. The summed E-state index contributed by atoms with van der Waals surface area (Å²) in [6.07, 6.45) is 0.895. The van der Waals surface area contributed by atoms with Gasteiger partial charge in [0, 0.05) is 11.6 Å². The van der Waals surface area contributed by atoms with Crippen LogP contribution in [0.2, 0.25) is 0 Å². The fourth-order valence-corrected chi connectivity index (χ4v) is 4.20. The maximum atomic E-state index is 12.5. The maximum Gasteiger partial charge on any atom is 0.251 e. The van der Waals surface area contributed by atoms with Gasteiger partial charge in [0.1, 0.15) is 11.4 Å². The molecule has 4 aromatic rings. The van der Waals surface area contributed by atoms with E-state index in [4.69, 9.17) is 9.97 Å². The molecule has 136 valence electrons. The Hall–Kier alpha value is -2.57. The van der Waals surface area contributed by atoms with E-state index in [1.54, 1.807) is 22.7 Å². The summed E-state index contributed by atoms with van der Waals surface area (Å²) in [4.78, 5) is 24.4. The van der Waals surface area contributed by atoms with Crippen molar-refractivity contribution in [3.63, 3.8) is 0 Å². The summed E-state index contributed by atoms with van der Waals surface area (Å²) < 4.78 is 0. The fraction of sp³-hybridized carbons (Fsp3) is 0.190. The van der Waals surface area contributed by atoms with Gasteiger partial charge in [0.15, 0.2) is 0 Å². The summed E-state index contributed by atoms with van der Waals surface area (Å²) in [6.45, 7) is 4.05. The number of hydrogen-bond donors (Lipinski definition) is 1. The summed E-state index contributed by atoms with van der Waals surface area (Å²) in [6, 6.07) is 13.8. The van der Waals surface area contributed by atoms with Gasteiger partial charge >= 0.3 is 0 Å². The number of rotatable bonds is 5. The number of hydrogen-bond acceptors (Lipinski definition) is 5. The Balaban J connectivity index is 1.83. The summed E-state index contributed by atoms with van der Waals surface area (Å²) >= 11 is 3.29. The van der Waals surface area contributed by atoms with Gasteiger partial charge in [-0.3, -0.25) is 4.79 Å². The number of nitrogens with one attached hydrogen (secondary N) is 1. The zero-order valence-electron chi connectivity index (χ0n) is 15.1. The number of fused-ring (bicyclic) bond motifs is 1. The number of thiophene rings is 2. The van der Waals surface area contributed by atoms with Crippen molar-refractivity contribution in [2.45, 2.75) is 26.3 Å². The lowest BCUT2D eigenvalue weighted by Gasteiger charge is -2.12. The average Bonchev–Trinajstić information content (AvgIpc) is 3.40. The van der Waals surface area contributed by atoms with Gasteiger partial charge in [0.05, 0.1) is 20.8 Å². The molecule has 1 atom stereocenters. The first-order valence-electron chi connectivity index (χ1n) is 8.86. The smallest absolute Gasteiger partial charge is 0.251 e. The molecule has 0 radical (unpaired) electrons. The van der Waals surface area contributed by atoms with Crippen LogP contribution in [0.4, 0.5) is 0 Å². The molecule has 0 aliphatic rings. The van der Waals surface area contributed by atoms with Crippen molar-refractivity contribution in [2.24, 2.45) is 0 Å². The van der Waals surface area contributed by atoms with E-state index in [9.17, 15) is 4.79 Å². The standard InChI is InChI=1S/C21H19N3OS2/c1-3-13(2)22-21(25)14-8-9-15-16(12-14)24-20(18-7-5-11-27-18)19(23-15)17-6-4-10-26-17/h4-13H,3H2,1-2H3,(H,22,25)/t13-/m0/s1. The van der Waals surface area contributed by atoms with Gasteiger partial charge in [0.2, 0.25) is 0 Å². The van der Waals surface area contributed by atoms with E-state index in [-0.39, 0.29) is 11.9 Å². The molecule has 6 heteroatoms. The molecule has 0 saturated heterocycles. The second-order valence-corrected chi connectivity index (χ2v) is 8.26. The second-order valence-electron chi connectivity index (χ2n) is 6.36. The van der Waals surface area contributed by atoms with Gasteiger partial charge in [-0.2, -0.15) is 0 Å². The predicted octanol–water partition coefficient (Wildman–Crippen LogP) is 5.62. The van der Waals surface area contributed by atoms with Crippen LogP contribution in [0, 0.1) is 0 Å². The van der Waals surface area contributed by atoms with Crippen molar-refractivity contribution in [1.82, 2.24) is 15.3 Å². The molecule has 0 fully saturated rings. The number of amides is 1. The Morgan fingerprint density at radius 3 is 2.19 bits per heavy atom. The topological polar surface area (TPSA) is 54.9 Å². The molecular weight excluding hydrogens is 374 g/mol. The molecule has 1 amide bonds. The van der Waals surface area contributed by atoms with E-state index in [2.05, 4.69) is 24.4 Å². The van der Waals surface area contributed by atoms with Crippen molar-refractivity contribution in [3.05, 3.63) is 58.8 Å². The largest absolute Gasteiger partial charge is 0.350 e. The normalized spacial score (nSPS) is 12.2. The van der Waals surface area contributed by atoms with Crippen molar-refractivity contribution in [1.29, 1.82) is 0 Å². The van der Waals surface area contributed by atoms with Crippen LogP contribution >= 0.6 is 22.7 Å². The molecule has 0 bridgehead atoms. The second kappa shape index (κ2) is 7.58. The van der Waals surface area contributed by atoms with Crippen molar-refractivity contribution >= 4 is 39.6 Å². The lowest BCUT2D eigenvalue weighted by Crippen LogP contribution is -2.31. The number of aromatic nitrogens is 2. The zero-order valence-corrected chi connectivity index (χ0v) is 16.7. The molecular formula is C21H19N3OS2. The molecule has 1 aromatic carbocycles. The lowest BCUT2D eigenvalue weighted by atomic mass is 10.1. The van der Waals surface area contributed by atoms with Crippen LogP contribution in [-0.2, 0) is 0 Å². The molecule has 0 aliphatic carbocycles. The Kier molecular flexibility index (Phi) is 5.01. The van der Waals surface area contributed by atoms with E-state index in [1.165, 1.54) is 0 Å². The van der Waals surface area contributed by atoms with Gasteiger partial charge < -0.3 is 5.32 Å². The van der Waals surface area contributed by atoms with E-state index in [0.29, 0.717) is 5.56 Å². The first-order chi connectivity index (χ1) is 13.2. The van der Waals surface area contributed by atoms with Crippen LogP contribution < -0.4 is 5.32 Å². The van der Waals surface area contributed by atoms with Crippen LogP contribution in [0.15, 0.2) is 53.2 Å². The Morgan fingerprint density at radius 2 is 1.63 bits per heavy atom. The maximum absolute atomic E-state index is 12.5. The highest BCUT2D eigenvalue weighted by Crippen LogP contribution is 2.35. The molecule has 0 saturated carbocycles. The fourth-order valence-electron chi connectivity index (χ4n) is 2.77. The summed E-state index contributed by atoms with van der Waals surface area (Å²) in [5.41, 5.74) is 3.88. The molecule has 0 spiro atoms. The number of benzene rings is 1. The first kappa shape index (κ1) is 17.8. The third-order valence-electron chi connectivity index (χ3n) is 4.43. The molecule has 1 N–H and O–H groups in total. The third kappa shape index (κ3) is 3.63. The predicted molar refractivity (Wildman–Crippen MR) is 113 cm³/mol. The highest BCUT2D eigenvalue weighted by Gasteiger charge is 2.16. The number of carbonyl (C=O) groups is 1. The van der Waals surface area contributed by atoms with E-state index in [0.717, 1.165) is 38.6 Å². The third-order valence-corrected chi connectivity index (χ3v) is 6.18. The highest BCUT2D eigenvalue weighted by molar-refractivity contribution is 7.14. The van der Waals surface area contributed by atoms with Crippen LogP contribution in [0.25, 0.3) is 32.2 Å². The van der Waals surface area contributed by atoms with Crippen molar-refractivity contribution in [2.75, 3.05) is 0 Å². The number of carbonyl (C=O) groups excluding carboxylic acids is 1. The van der Waals surface area contributed by atoms with Gasteiger partial charge in [-0.15, -0.1) is 22.7 Å². The monoisotopic (exact) mass is 393 g/mol. The van der Waals surface area contributed by atoms with E-state index < -0.39 is 0 Å². The molecule has 0 aliphatic heterocycles. The van der Waals surface area contributed by atoms with E-state index in [1.807, 2.05) is 48.0 Å². The van der Waals surface area contributed by atoms with Gasteiger partial charge in [-0.05, 0) is 54.4 Å². The highest BCUT2D eigenvalue weighted by atomic mass is 32.1. The van der Waals surface area contributed by atoms with E-state index >= 15 is 0 Å². The SMILES string of the molecule is CC[C@H](C)NC(=O)c1ccc2nc(-c3cccs3)c(-c3cccs3)nc2c1. The molecule has 4 nitrogen and oxygen atoms in total. The Labute approximate surface area is 165 Å².